The average molecular weight is 418 g/mol. The number of rotatable bonds is 6. The summed E-state index contributed by atoms with van der Waals surface area (Å²) in [5.74, 6) is -0.241. The molecule has 3 N–H and O–H groups in total. The second kappa shape index (κ2) is 8.99. The van der Waals surface area contributed by atoms with Gasteiger partial charge in [-0.05, 0) is 37.8 Å². The number of hydrogen-bond acceptors (Lipinski definition) is 5. The van der Waals surface area contributed by atoms with Crippen LogP contribution in [-0.4, -0.2) is 55.6 Å². The molecule has 3 rings (SSSR count). The van der Waals surface area contributed by atoms with E-state index in [4.69, 9.17) is 26.8 Å². The van der Waals surface area contributed by atoms with Gasteiger partial charge in [-0.2, -0.15) is 0 Å². The van der Waals surface area contributed by atoms with Crippen molar-refractivity contribution < 1.29 is 19.1 Å². The highest BCUT2D eigenvalue weighted by Gasteiger charge is 2.36. The van der Waals surface area contributed by atoms with E-state index in [-0.39, 0.29) is 41.7 Å². The van der Waals surface area contributed by atoms with Crippen molar-refractivity contribution in [2.75, 3.05) is 20.8 Å². The summed E-state index contributed by atoms with van der Waals surface area (Å²) in [6.45, 7) is -0.318. The summed E-state index contributed by atoms with van der Waals surface area (Å²) in [4.78, 5) is 25.7. The van der Waals surface area contributed by atoms with Crippen LogP contribution in [0, 0.1) is 0 Å². The smallest absolute Gasteiger partial charge is 0.255 e. The highest BCUT2D eigenvalue weighted by Crippen LogP contribution is 2.37. The molecular formula is C18H25Cl2N3O4. The van der Waals surface area contributed by atoms with E-state index in [0.29, 0.717) is 23.4 Å². The van der Waals surface area contributed by atoms with Crippen LogP contribution >= 0.6 is 24.0 Å². The van der Waals surface area contributed by atoms with E-state index in [1.165, 1.54) is 26.0 Å². The molecule has 150 valence electrons. The summed E-state index contributed by atoms with van der Waals surface area (Å²) >= 11 is 6.25. The summed E-state index contributed by atoms with van der Waals surface area (Å²) < 4.78 is 10.6. The fraction of sp³-hybridized carbons (Fsp3) is 0.556. The van der Waals surface area contributed by atoms with Gasteiger partial charge in [-0.3, -0.25) is 9.59 Å². The van der Waals surface area contributed by atoms with Crippen LogP contribution in [-0.2, 0) is 4.79 Å². The molecule has 0 radical (unpaired) electrons. The predicted molar refractivity (Wildman–Crippen MR) is 105 cm³/mol. The Morgan fingerprint density at radius 3 is 2.48 bits per heavy atom. The van der Waals surface area contributed by atoms with Crippen molar-refractivity contribution in [3.63, 3.8) is 0 Å². The third kappa shape index (κ3) is 4.78. The zero-order valence-electron chi connectivity index (χ0n) is 15.4. The number of fused-ring (bicyclic) bond motifs is 2. The van der Waals surface area contributed by atoms with Crippen molar-refractivity contribution in [2.45, 2.75) is 43.8 Å². The Kier molecular flexibility index (Phi) is 7.19. The van der Waals surface area contributed by atoms with Gasteiger partial charge in [0.1, 0.15) is 0 Å². The Morgan fingerprint density at radius 1 is 1.30 bits per heavy atom. The van der Waals surface area contributed by atoms with E-state index in [9.17, 15) is 9.59 Å². The first-order valence-electron chi connectivity index (χ1n) is 8.71. The quantitative estimate of drug-likeness (QED) is 0.737. The largest absolute Gasteiger partial charge is 0.493 e. The number of nitrogens with two attached hydrogens (primary N) is 1. The maximum atomic E-state index is 13.0. The topological polar surface area (TPSA) is 93.9 Å². The lowest BCUT2D eigenvalue weighted by molar-refractivity contribution is -0.119. The van der Waals surface area contributed by atoms with Gasteiger partial charge in [0, 0.05) is 30.7 Å². The second-order valence-corrected chi connectivity index (χ2v) is 7.33. The Balaban J connectivity index is 0.00000261. The summed E-state index contributed by atoms with van der Waals surface area (Å²) in [6.07, 6.45) is 4.27. The van der Waals surface area contributed by atoms with Gasteiger partial charge in [0.25, 0.3) is 11.8 Å². The molecular weight excluding hydrogens is 393 g/mol. The molecule has 0 aromatic heterocycles. The lowest BCUT2D eigenvalue weighted by Crippen LogP contribution is -2.48. The zero-order valence-corrected chi connectivity index (χ0v) is 16.9. The second-order valence-electron chi connectivity index (χ2n) is 6.92. The van der Waals surface area contributed by atoms with E-state index in [2.05, 4.69) is 5.32 Å². The predicted octanol–water partition coefficient (Wildman–Crippen LogP) is 1.99. The molecule has 2 unspecified atom stereocenters. The molecule has 2 atom stereocenters. The molecule has 7 nitrogen and oxygen atoms in total. The van der Waals surface area contributed by atoms with Gasteiger partial charge in [-0.1, -0.05) is 11.6 Å². The van der Waals surface area contributed by atoms with E-state index in [0.717, 1.165) is 12.8 Å². The van der Waals surface area contributed by atoms with Crippen LogP contribution in [0.3, 0.4) is 0 Å². The number of piperidine rings is 1. The van der Waals surface area contributed by atoms with Crippen molar-refractivity contribution in [1.29, 1.82) is 0 Å². The summed E-state index contributed by atoms with van der Waals surface area (Å²) in [5, 5.41) is 3.78. The fourth-order valence-electron chi connectivity index (χ4n) is 3.84. The van der Waals surface area contributed by atoms with E-state index in [1.807, 2.05) is 7.05 Å². The van der Waals surface area contributed by atoms with Crippen LogP contribution in [0.25, 0.3) is 0 Å². The van der Waals surface area contributed by atoms with Crippen molar-refractivity contribution in [2.24, 2.45) is 5.73 Å². The van der Waals surface area contributed by atoms with E-state index in [1.54, 1.807) is 11.0 Å². The van der Waals surface area contributed by atoms with Crippen LogP contribution in [0.4, 0.5) is 0 Å². The van der Waals surface area contributed by atoms with Crippen LogP contribution < -0.4 is 20.5 Å². The molecule has 0 spiro atoms. The number of amides is 2. The number of carbonyl (C=O) groups excluding carboxylic acids is 2. The van der Waals surface area contributed by atoms with Gasteiger partial charge in [0.2, 0.25) is 0 Å². The van der Waals surface area contributed by atoms with Crippen LogP contribution in [0.15, 0.2) is 12.1 Å². The molecule has 1 aromatic carbocycles. The van der Waals surface area contributed by atoms with E-state index >= 15 is 0 Å². The summed E-state index contributed by atoms with van der Waals surface area (Å²) in [6, 6.07) is 4.32. The molecule has 9 heteroatoms. The lowest BCUT2D eigenvalue weighted by Gasteiger charge is -2.35. The average Bonchev–Trinajstić information content (AvgIpc) is 2.96. The minimum absolute atomic E-state index is 0. The molecule has 0 aliphatic carbocycles. The maximum absolute atomic E-state index is 13.0. The van der Waals surface area contributed by atoms with Crippen molar-refractivity contribution in [1.82, 2.24) is 10.2 Å². The molecule has 0 saturated carbocycles. The number of nitrogens with zero attached hydrogens (tertiary/aromatic N) is 1. The first kappa shape index (κ1) is 21.6. The Labute approximate surface area is 169 Å². The molecule has 2 aliphatic heterocycles. The SMILES string of the molecule is COc1cc(C(=O)N(C)C2CC3CCC(C2)N3)cc(Cl)c1OCC(N)=O.Cl. The molecule has 2 heterocycles. The zero-order chi connectivity index (χ0) is 18.8. The minimum atomic E-state index is -0.622. The molecule has 2 saturated heterocycles. The number of benzene rings is 1. The van der Waals surface area contributed by atoms with Gasteiger partial charge < -0.3 is 25.4 Å². The molecule has 27 heavy (non-hydrogen) atoms. The van der Waals surface area contributed by atoms with Crippen LogP contribution in [0.5, 0.6) is 11.5 Å². The monoisotopic (exact) mass is 417 g/mol. The number of methoxy groups -OCH3 is 1. The van der Waals surface area contributed by atoms with Gasteiger partial charge in [-0.25, -0.2) is 0 Å². The first-order valence-corrected chi connectivity index (χ1v) is 9.08. The Bertz CT molecular complexity index is 704. The Hall–Kier alpha value is -1.70. The van der Waals surface area contributed by atoms with Crippen molar-refractivity contribution in [3.05, 3.63) is 22.7 Å². The highest BCUT2D eigenvalue weighted by molar-refractivity contribution is 6.32. The molecule has 2 fully saturated rings. The summed E-state index contributed by atoms with van der Waals surface area (Å²) in [7, 11) is 3.28. The highest BCUT2D eigenvalue weighted by atomic mass is 35.5. The maximum Gasteiger partial charge on any atom is 0.255 e. The standard InChI is InChI=1S/C18H24ClN3O4.ClH/c1-22(13-7-11-3-4-12(8-13)21-11)18(24)10-5-14(19)17(15(6-10)25-2)26-9-16(20)23;/h5-6,11-13,21H,3-4,7-9H2,1-2H3,(H2,20,23);1H. The third-order valence-corrected chi connectivity index (χ3v) is 5.43. The molecule has 1 aromatic rings. The minimum Gasteiger partial charge on any atom is -0.493 e. The van der Waals surface area contributed by atoms with Gasteiger partial charge in [-0.15, -0.1) is 12.4 Å². The third-order valence-electron chi connectivity index (χ3n) is 5.15. The first-order chi connectivity index (χ1) is 12.4. The summed E-state index contributed by atoms with van der Waals surface area (Å²) in [5.41, 5.74) is 5.52. The van der Waals surface area contributed by atoms with Crippen LogP contribution in [0.2, 0.25) is 5.02 Å². The van der Waals surface area contributed by atoms with Gasteiger partial charge >= 0.3 is 0 Å². The normalized spacial score (nSPS) is 23.3. The fourth-order valence-corrected chi connectivity index (χ4v) is 4.10. The van der Waals surface area contributed by atoms with Crippen LogP contribution in [0.1, 0.15) is 36.0 Å². The number of carbonyl (C=O) groups is 2. The molecule has 2 aliphatic rings. The Morgan fingerprint density at radius 2 is 1.93 bits per heavy atom. The molecule has 2 bridgehead atoms. The number of halogens is 2. The van der Waals surface area contributed by atoms with Gasteiger partial charge in [0.15, 0.2) is 18.1 Å². The number of nitrogens with one attached hydrogen (secondary N) is 1. The molecule has 2 amide bonds. The number of primary amides is 1. The number of ether oxygens (including phenoxy) is 2. The van der Waals surface area contributed by atoms with Crippen molar-refractivity contribution >= 4 is 35.8 Å². The van der Waals surface area contributed by atoms with Crippen molar-refractivity contribution in [3.8, 4) is 11.5 Å². The number of hydrogen-bond donors (Lipinski definition) is 2. The van der Waals surface area contributed by atoms with Gasteiger partial charge in [0.05, 0.1) is 12.1 Å². The lowest BCUT2D eigenvalue weighted by atomic mass is 9.98. The van der Waals surface area contributed by atoms with E-state index < -0.39 is 5.91 Å².